The fraction of sp³-hybridized carbons (Fsp3) is 0.533. The van der Waals surface area contributed by atoms with E-state index in [1.54, 1.807) is 19.1 Å². The minimum absolute atomic E-state index is 0.0760. The number of anilines is 1. The molecule has 2 N–H and O–H groups in total. The van der Waals surface area contributed by atoms with Gasteiger partial charge in [0.1, 0.15) is 5.75 Å². The second-order valence-corrected chi connectivity index (χ2v) is 5.54. The molecule has 3 unspecified atom stereocenters. The Morgan fingerprint density at radius 1 is 1.41 bits per heavy atom. The van der Waals surface area contributed by atoms with Gasteiger partial charge >= 0.3 is 6.61 Å². The van der Waals surface area contributed by atoms with Crippen molar-refractivity contribution >= 4 is 11.6 Å². The number of hydrogen-bond acceptors (Lipinski definition) is 4. The van der Waals surface area contributed by atoms with Crippen molar-refractivity contribution in [2.45, 2.75) is 32.6 Å². The van der Waals surface area contributed by atoms with Crippen LogP contribution in [0.15, 0.2) is 24.3 Å². The van der Waals surface area contributed by atoms with E-state index in [0.29, 0.717) is 13.1 Å². The summed E-state index contributed by atoms with van der Waals surface area (Å²) in [6.07, 6.45) is -0.454. The molecule has 1 aromatic rings. The average Bonchev–Trinajstić information content (AvgIpc) is 2.79. The van der Waals surface area contributed by atoms with Crippen LogP contribution < -0.4 is 10.1 Å². The molecule has 0 bridgehead atoms. The molecule has 0 aromatic heterocycles. The van der Waals surface area contributed by atoms with Crippen LogP contribution in [0.1, 0.15) is 13.8 Å². The zero-order valence-corrected chi connectivity index (χ0v) is 12.5. The van der Waals surface area contributed by atoms with Crippen LogP contribution in [0.25, 0.3) is 0 Å². The molecule has 1 amide bonds. The Kier molecular flexibility index (Phi) is 5.31. The highest BCUT2D eigenvalue weighted by atomic mass is 19.3. The lowest BCUT2D eigenvalue weighted by atomic mass is 10.1. The number of aliphatic hydroxyl groups is 1. The topological polar surface area (TPSA) is 61.8 Å². The molecule has 1 fully saturated rings. The number of amides is 1. The van der Waals surface area contributed by atoms with Crippen molar-refractivity contribution < 1.29 is 23.4 Å². The summed E-state index contributed by atoms with van der Waals surface area (Å²) < 4.78 is 29.1. The lowest BCUT2D eigenvalue weighted by molar-refractivity contribution is -0.120. The Morgan fingerprint density at radius 2 is 2.09 bits per heavy atom. The standard InChI is InChI=1S/C15H20F2N2O3/c1-9-7-19(8-12(9)20)10(2)14(21)18-11-5-3-4-6-13(11)22-15(16)17/h3-6,9-10,12,15,20H,7-8H2,1-2H3,(H,18,21). The maximum absolute atomic E-state index is 12.4. The Morgan fingerprint density at radius 3 is 2.68 bits per heavy atom. The van der Waals surface area contributed by atoms with Gasteiger partial charge in [-0.2, -0.15) is 8.78 Å². The first-order valence-corrected chi connectivity index (χ1v) is 7.15. The number of para-hydroxylation sites is 2. The predicted octanol–water partition coefficient (Wildman–Crippen LogP) is 1.93. The van der Waals surface area contributed by atoms with E-state index in [1.165, 1.54) is 12.1 Å². The van der Waals surface area contributed by atoms with Crippen LogP contribution in [0.3, 0.4) is 0 Å². The highest BCUT2D eigenvalue weighted by molar-refractivity contribution is 5.95. The zero-order chi connectivity index (χ0) is 16.3. The van der Waals surface area contributed by atoms with Crippen LogP contribution in [0, 0.1) is 5.92 Å². The number of aliphatic hydroxyl groups excluding tert-OH is 1. The lowest BCUT2D eigenvalue weighted by Crippen LogP contribution is -2.41. The summed E-state index contributed by atoms with van der Waals surface area (Å²) in [6.45, 7) is 1.72. The normalized spacial score (nSPS) is 23.5. The number of carbonyl (C=O) groups excluding carboxylic acids is 1. The highest BCUT2D eigenvalue weighted by Crippen LogP contribution is 2.26. The van der Waals surface area contributed by atoms with Crippen molar-refractivity contribution in [3.05, 3.63) is 24.3 Å². The first-order valence-electron chi connectivity index (χ1n) is 7.15. The summed E-state index contributed by atoms with van der Waals surface area (Å²) in [6, 6.07) is 5.58. The molecular weight excluding hydrogens is 294 g/mol. The van der Waals surface area contributed by atoms with Crippen molar-refractivity contribution in [2.24, 2.45) is 5.92 Å². The number of ether oxygens (including phenoxy) is 1. The molecule has 0 saturated carbocycles. The number of rotatable bonds is 5. The van der Waals surface area contributed by atoms with Crippen LogP contribution in [0.5, 0.6) is 5.75 Å². The third kappa shape index (κ3) is 3.92. The number of nitrogens with one attached hydrogen (secondary N) is 1. The van der Waals surface area contributed by atoms with Crippen molar-refractivity contribution in [3.63, 3.8) is 0 Å². The summed E-state index contributed by atoms with van der Waals surface area (Å²) in [7, 11) is 0. The van der Waals surface area contributed by atoms with Crippen LogP contribution >= 0.6 is 0 Å². The molecule has 5 nitrogen and oxygen atoms in total. The molecular formula is C15H20F2N2O3. The summed E-state index contributed by atoms with van der Waals surface area (Å²) in [5.41, 5.74) is 0.201. The van der Waals surface area contributed by atoms with Gasteiger partial charge in [-0.05, 0) is 25.0 Å². The largest absolute Gasteiger partial charge is 0.433 e. The van der Waals surface area contributed by atoms with E-state index >= 15 is 0 Å². The van der Waals surface area contributed by atoms with E-state index in [4.69, 9.17) is 0 Å². The third-order valence-electron chi connectivity index (χ3n) is 3.89. The second-order valence-electron chi connectivity index (χ2n) is 5.54. The fourth-order valence-corrected chi connectivity index (χ4v) is 2.47. The SMILES string of the molecule is CC1CN(C(C)C(=O)Nc2ccccc2OC(F)F)CC1O. The van der Waals surface area contributed by atoms with Crippen molar-refractivity contribution in [3.8, 4) is 5.75 Å². The first-order chi connectivity index (χ1) is 10.4. The molecule has 7 heteroatoms. The Labute approximate surface area is 127 Å². The summed E-state index contributed by atoms with van der Waals surface area (Å²) in [5.74, 6) is -0.302. The van der Waals surface area contributed by atoms with Gasteiger partial charge in [0, 0.05) is 13.1 Å². The Bertz CT molecular complexity index is 517. The van der Waals surface area contributed by atoms with E-state index in [0.717, 1.165) is 0 Å². The van der Waals surface area contributed by atoms with Gasteiger partial charge in [-0.3, -0.25) is 9.69 Å². The van der Waals surface area contributed by atoms with Gasteiger partial charge in [0.15, 0.2) is 0 Å². The quantitative estimate of drug-likeness (QED) is 0.872. The van der Waals surface area contributed by atoms with Crippen LogP contribution in [-0.2, 0) is 4.79 Å². The third-order valence-corrected chi connectivity index (χ3v) is 3.89. The van der Waals surface area contributed by atoms with Gasteiger partial charge in [-0.15, -0.1) is 0 Å². The van der Waals surface area contributed by atoms with Crippen molar-refractivity contribution in [2.75, 3.05) is 18.4 Å². The van der Waals surface area contributed by atoms with Gasteiger partial charge in [-0.1, -0.05) is 19.1 Å². The molecule has 0 aliphatic carbocycles. The molecule has 0 spiro atoms. The van der Waals surface area contributed by atoms with Crippen LogP contribution in [-0.4, -0.2) is 47.8 Å². The Balaban J connectivity index is 2.03. The lowest BCUT2D eigenvalue weighted by Gasteiger charge is -2.23. The van der Waals surface area contributed by atoms with Crippen molar-refractivity contribution in [1.82, 2.24) is 4.90 Å². The molecule has 0 radical (unpaired) electrons. The van der Waals surface area contributed by atoms with Gasteiger partial charge in [0.2, 0.25) is 5.91 Å². The number of β-amino-alcohol motifs (C(OH)–C–C–N with tert-alkyl or cyclic N) is 1. The van der Waals surface area contributed by atoms with Gasteiger partial charge in [0.25, 0.3) is 0 Å². The average molecular weight is 314 g/mol. The molecule has 1 saturated heterocycles. The van der Waals surface area contributed by atoms with E-state index in [1.807, 2.05) is 11.8 Å². The minimum atomic E-state index is -2.95. The maximum Gasteiger partial charge on any atom is 0.387 e. The number of carbonyl (C=O) groups is 1. The monoisotopic (exact) mass is 314 g/mol. The number of likely N-dealkylation sites (tertiary alicyclic amines) is 1. The first kappa shape index (κ1) is 16.6. The molecule has 3 atom stereocenters. The minimum Gasteiger partial charge on any atom is -0.433 e. The summed E-state index contributed by atoms with van der Waals surface area (Å²) in [5, 5.41) is 12.4. The van der Waals surface area contributed by atoms with E-state index < -0.39 is 18.8 Å². The molecule has 22 heavy (non-hydrogen) atoms. The summed E-state index contributed by atoms with van der Waals surface area (Å²) in [4.78, 5) is 14.1. The van der Waals surface area contributed by atoms with Crippen molar-refractivity contribution in [1.29, 1.82) is 0 Å². The number of alkyl halides is 2. The number of halogens is 2. The fourth-order valence-electron chi connectivity index (χ4n) is 2.47. The Hall–Kier alpha value is -1.73. The molecule has 2 rings (SSSR count). The maximum atomic E-state index is 12.4. The van der Waals surface area contributed by atoms with E-state index in [2.05, 4.69) is 10.1 Å². The van der Waals surface area contributed by atoms with Gasteiger partial charge < -0.3 is 15.2 Å². The number of benzene rings is 1. The van der Waals surface area contributed by atoms with Gasteiger partial charge in [0.05, 0.1) is 17.8 Å². The van der Waals surface area contributed by atoms with Crippen LogP contribution in [0.4, 0.5) is 14.5 Å². The predicted molar refractivity (Wildman–Crippen MR) is 77.9 cm³/mol. The molecule has 1 aromatic carbocycles. The highest BCUT2D eigenvalue weighted by Gasteiger charge is 2.33. The summed E-state index contributed by atoms with van der Waals surface area (Å²) >= 11 is 0. The number of hydrogen-bond donors (Lipinski definition) is 2. The number of nitrogens with zero attached hydrogens (tertiary/aromatic N) is 1. The smallest absolute Gasteiger partial charge is 0.387 e. The molecule has 1 aliphatic heterocycles. The van der Waals surface area contributed by atoms with E-state index in [-0.39, 0.29) is 23.3 Å². The zero-order valence-electron chi connectivity index (χ0n) is 12.5. The second kappa shape index (κ2) is 7.02. The van der Waals surface area contributed by atoms with Crippen LogP contribution in [0.2, 0.25) is 0 Å². The molecule has 1 aliphatic rings. The molecule has 122 valence electrons. The van der Waals surface area contributed by atoms with E-state index in [9.17, 15) is 18.7 Å². The van der Waals surface area contributed by atoms with Gasteiger partial charge in [-0.25, -0.2) is 0 Å². The molecule has 1 heterocycles.